The molecule has 2 amide bonds. The van der Waals surface area contributed by atoms with E-state index in [-0.39, 0.29) is 5.91 Å². The second-order valence-corrected chi connectivity index (χ2v) is 9.52. The Morgan fingerprint density at radius 3 is 2.42 bits per heavy atom. The van der Waals surface area contributed by atoms with Gasteiger partial charge in [-0.1, -0.05) is 51.1 Å². The average Bonchev–Trinajstić information content (AvgIpc) is 3.34. The standard InChI is InChI=1S/C22H27N5O3S/c1-22(2,3)18(26-21(29)30)15(12-14-8-6-5-7-9-14)25-20(28)17-11-10-16(31-17)19-23-13-24-27(19)4/h5-11,13,15,18,26H,12H2,1-4H3,(H,25,28)(H,29,30). The highest BCUT2D eigenvalue weighted by atomic mass is 32.1. The first kappa shape index (κ1) is 22.5. The molecule has 3 rings (SSSR count). The lowest BCUT2D eigenvalue weighted by atomic mass is 9.80. The largest absolute Gasteiger partial charge is 0.465 e. The fourth-order valence-corrected chi connectivity index (χ4v) is 4.45. The van der Waals surface area contributed by atoms with Gasteiger partial charge in [-0.25, -0.2) is 14.5 Å². The van der Waals surface area contributed by atoms with E-state index in [1.807, 2.05) is 57.2 Å². The summed E-state index contributed by atoms with van der Waals surface area (Å²) in [6.07, 6.45) is 0.847. The smallest absolute Gasteiger partial charge is 0.404 e. The van der Waals surface area contributed by atoms with E-state index >= 15 is 0 Å². The third-order valence-corrected chi connectivity index (χ3v) is 6.07. The van der Waals surface area contributed by atoms with Gasteiger partial charge in [-0.3, -0.25) is 4.79 Å². The molecule has 2 atom stereocenters. The van der Waals surface area contributed by atoms with E-state index in [4.69, 9.17) is 0 Å². The van der Waals surface area contributed by atoms with Gasteiger partial charge in [0, 0.05) is 7.05 Å². The monoisotopic (exact) mass is 441 g/mol. The van der Waals surface area contributed by atoms with Crippen LogP contribution in [-0.2, 0) is 13.5 Å². The molecule has 31 heavy (non-hydrogen) atoms. The summed E-state index contributed by atoms with van der Waals surface area (Å²) in [6, 6.07) is 12.4. The first-order valence-electron chi connectivity index (χ1n) is 9.93. The minimum atomic E-state index is -1.12. The molecule has 2 heterocycles. The number of carboxylic acid groups (broad SMARTS) is 1. The predicted molar refractivity (Wildman–Crippen MR) is 120 cm³/mol. The molecule has 0 saturated carbocycles. The van der Waals surface area contributed by atoms with Crippen molar-refractivity contribution in [1.82, 2.24) is 25.4 Å². The Hall–Kier alpha value is -3.20. The van der Waals surface area contributed by atoms with Gasteiger partial charge in [-0.05, 0) is 29.5 Å². The number of nitrogens with one attached hydrogen (secondary N) is 2. The summed E-state index contributed by atoms with van der Waals surface area (Å²) in [5.41, 5.74) is 0.602. The van der Waals surface area contributed by atoms with E-state index < -0.39 is 23.6 Å². The van der Waals surface area contributed by atoms with Crippen LogP contribution in [0, 0.1) is 5.41 Å². The fraction of sp³-hybridized carbons (Fsp3) is 0.364. The maximum absolute atomic E-state index is 13.1. The number of amides is 2. The molecule has 1 aromatic carbocycles. The number of benzene rings is 1. The fourth-order valence-electron chi connectivity index (χ4n) is 3.51. The zero-order valence-corrected chi connectivity index (χ0v) is 18.8. The maximum Gasteiger partial charge on any atom is 0.404 e. The summed E-state index contributed by atoms with van der Waals surface area (Å²) in [5.74, 6) is 0.436. The number of rotatable bonds is 7. The summed E-state index contributed by atoms with van der Waals surface area (Å²) in [6.45, 7) is 5.86. The Balaban J connectivity index is 1.86. The highest BCUT2D eigenvalue weighted by molar-refractivity contribution is 7.17. The van der Waals surface area contributed by atoms with Gasteiger partial charge in [-0.15, -0.1) is 11.3 Å². The SMILES string of the molecule is Cn1ncnc1-c1ccc(C(=O)NC(Cc2ccccc2)C(NC(=O)O)C(C)(C)C)s1. The average molecular weight is 442 g/mol. The third-order valence-electron chi connectivity index (χ3n) is 4.99. The van der Waals surface area contributed by atoms with Crippen LogP contribution in [0.15, 0.2) is 48.8 Å². The van der Waals surface area contributed by atoms with Crippen molar-refractivity contribution >= 4 is 23.3 Å². The van der Waals surface area contributed by atoms with Crippen LogP contribution in [0.25, 0.3) is 10.7 Å². The van der Waals surface area contributed by atoms with E-state index in [0.29, 0.717) is 17.1 Å². The van der Waals surface area contributed by atoms with Gasteiger partial charge in [-0.2, -0.15) is 5.10 Å². The van der Waals surface area contributed by atoms with Gasteiger partial charge in [0.15, 0.2) is 5.82 Å². The van der Waals surface area contributed by atoms with Crippen LogP contribution < -0.4 is 10.6 Å². The van der Waals surface area contributed by atoms with Crippen LogP contribution in [0.1, 0.15) is 36.0 Å². The van der Waals surface area contributed by atoms with Crippen LogP contribution >= 0.6 is 11.3 Å². The van der Waals surface area contributed by atoms with Gasteiger partial charge < -0.3 is 15.7 Å². The molecule has 0 spiro atoms. The van der Waals surface area contributed by atoms with Gasteiger partial charge in [0.05, 0.1) is 21.8 Å². The van der Waals surface area contributed by atoms with E-state index in [9.17, 15) is 14.7 Å². The van der Waals surface area contributed by atoms with Crippen LogP contribution in [0.3, 0.4) is 0 Å². The Morgan fingerprint density at radius 1 is 1.13 bits per heavy atom. The van der Waals surface area contributed by atoms with Crippen molar-refractivity contribution in [2.75, 3.05) is 0 Å². The summed E-state index contributed by atoms with van der Waals surface area (Å²) in [4.78, 5) is 30.2. The predicted octanol–water partition coefficient (Wildman–Crippen LogP) is 3.57. The van der Waals surface area contributed by atoms with Crippen molar-refractivity contribution in [3.63, 3.8) is 0 Å². The molecule has 164 valence electrons. The summed E-state index contributed by atoms with van der Waals surface area (Å²) >= 11 is 1.32. The molecule has 0 radical (unpaired) electrons. The number of nitrogens with zero attached hydrogens (tertiary/aromatic N) is 3. The Kier molecular flexibility index (Phi) is 6.74. The van der Waals surface area contributed by atoms with Crippen LogP contribution in [0.2, 0.25) is 0 Å². The Morgan fingerprint density at radius 2 is 1.84 bits per heavy atom. The van der Waals surface area contributed by atoms with E-state index in [0.717, 1.165) is 10.4 Å². The zero-order chi connectivity index (χ0) is 22.6. The molecule has 2 aromatic heterocycles. The summed E-state index contributed by atoms with van der Waals surface area (Å²) < 4.78 is 1.65. The lowest BCUT2D eigenvalue weighted by molar-refractivity contribution is 0.0905. The van der Waals surface area contributed by atoms with E-state index in [1.165, 1.54) is 17.7 Å². The molecular formula is C22H27N5O3S. The molecule has 0 saturated heterocycles. The number of carbonyl (C=O) groups is 2. The van der Waals surface area contributed by atoms with Crippen molar-refractivity contribution < 1.29 is 14.7 Å². The number of aromatic nitrogens is 3. The highest BCUT2D eigenvalue weighted by Gasteiger charge is 2.35. The van der Waals surface area contributed by atoms with Crippen molar-refractivity contribution in [3.05, 3.63) is 59.2 Å². The van der Waals surface area contributed by atoms with Crippen molar-refractivity contribution in [2.45, 2.75) is 39.3 Å². The molecule has 3 aromatic rings. The topological polar surface area (TPSA) is 109 Å². The molecule has 0 aliphatic rings. The third kappa shape index (κ3) is 5.69. The van der Waals surface area contributed by atoms with E-state index in [1.54, 1.807) is 17.8 Å². The van der Waals surface area contributed by atoms with E-state index in [2.05, 4.69) is 20.7 Å². The molecular weight excluding hydrogens is 414 g/mol. The van der Waals surface area contributed by atoms with Crippen molar-refractivity contribution in [3.8, 4) is 10.7 Å². The second-order valence-electron chi connectivity index (χ2n) is 8.43. The van der Waals surface area contributed by atoms with Crippen molar-refractivity contribution in [2.24, 2.45) is 12.5 Å². The van der Waals surface area contributed by atoms with Gasteiger partial charge in [0.2, 0.25) is 0 Å². The molecule has 0 bridgehead atoms. The lowest BCUT2D eigenvalue weighted by Gasteiger charge is -2.37. The van der Waals surface area contributed by atoms with Crippen LogP contribution in [0.4, 0.5) is 4.79 Å². The lowest BCUT2D eigenvalue weighted by Crippen LogP contribution is -2.58. The highest BCUT2D eigenvalue weighted by Crippen LogP contribution is 2.27. The second kappa shape index (κ2) is 9.30. The normalized spacial score (nSPS) is 13.4. The number of hydrogen-bond acceptors (Lipinski definition) is 5. The van der Waals surface area contributed by atoms with Gasteiger partial charge in [0.1, 0.15) is 6.33 Å². The maximum atomic E-state index is 13.1. The van der Waals surface area contributed by atoms with Crippen LogP contribution in [0.5, 0.6) is 0 Å². The number of hydrogen-bond donors (Lipinski definition) is 3. The minimum Gasteiger partial charge on any atom is -0.465 e. The first-order valence-corrected chi connectivity index (χ1v) is 10.7. The minimum absolute atomic E-state index is 0.249. The molecule has 3 N–H and O–H groups in total. The summed E-state index contributed by atoms with van der Waals surface area (Å²) in [5, 5.41) is 19.2. The summed E-state index contributed by atoms with van der Waals surface area (Å²) in [7, 11) is 1.79. The quantitative estimate of drug-likeness (QED) is 0.519. The molecule has 0 aliphatic heterocycles. The molecule has 0 fully saturated rings. The number of carbonyl (C=O) groups excluding carboxylic acids is 1. The van der Waals surface area contributed by atoms with Crippen LogP contribution in [-0.4, -0.2) is 44.0 Å². The molecule has 0 aliphatic carbocycles. The first-order chi connectivity index (χ1) is 14.6. The van der Waals surface area contributed by atoms with Crippen molar-refractivity contribution in [1.29, 1.82) is 0 Å². The van der Waals surface area contributed by atoms with Gasteiger partial charge >= 0.3 is 6.09 Å². The number of thiophene rings is 1. The Bertz CT molecular complexity index is 1040. The zero-order valence-electron chi connectivity index (χ0n) is 18.0. The Labute approximate surface area is 185 Å². The number of aryl methyl sites for hydroxylation is 1. The molecule has 9 heteroatoms. The van der Waals surface area contributed by atoms with Gasteiger partial charge in [0.25, 0.3) is 5.91 Å². The molecule has 2 unspecified atom stereocenters. The molecule has 8 nitrogen and oxygen atoms in total.